The molecule has 1 aliphatic rings. The van der Waals surface area contributed by atoms with Gasteiger partial charge >= 0.3 is 0 Å². The quantitative estimate of drug-likeness (QED) is 0.487. The molecular weight excluding hydrogens is 228 g/mol. The monoisotopic (exact) mass is 244 g/mol. The fourth-order valence-corrected chi connectivity index (χ4v) is 1.83. The van der Waals surface area contributed by atoms with Crippen molar-refractivity contribution in [2.45, 2.75) is 19.3 Å². The van der Waals surface area contributed by atoms with E-state index in [4.69, 9.17) is 5.11 Å². The van der Waals surface area contributed by atoms with Gasteiger partial charge in [0.1, 0.15) is 5.75 Å². The highest BCUT2D eigenvalue weighted by molar-refractivity contribution is 5.94. The number of hydrogen-bond donors (Lipinski definition) is 2. The Morgan fingerprint density at radius 3 is 2.78 bits per heavy atom. The van der Waals surface area contributed by atoms with Crippen molar-refractivity contribution in [2.24, 2.45) is 11.0 Å². The lowest BCUT2D eigenvalue weighted by Gasteiger charge is -2.11. The van der Waals surface area contributed by atoms with E-state index in [1.54, 1.807) is 18.3 Å². The number of hydrazone groups is 1. The Morgan fingerprint density at radius 2 is 2.11 bits per heavy atom. The minimum absolute atomic E-state index is 0.143. The van der Waals surface area contributed by atoms with Gasteiger partial charge < -0.3 is 5.11 Å². The average Bonchev–Trinajstić information content (AvgIpc) is 2.40. The average molecular weight is 244 g/mol. The van der Waals surface area contributed by atoms with Gasteiger partial charge in [0.2, 0.25) is 0 Å². The maximum absolute atomic E-state index is 11.7. The van der Waals surface area contributed by atoms with Crippen molar-refractivity contribution in [1.29, 1.82) is 0 Å². The van der Waals surface area contributed by atoms with E-state index in [0.29, 0.717) is 11.5 Å². The summed E-state index contributed by atoms with van der Waals surface area (Å²) in [7, 11) is 0. The van der Waals surface area contributed by atoms with E-state index >= 15 is 0 Å². The molecule has 18 heavy (non-hydrogen) atoms. The predicted molar refractivity (Wildman–Crippen MR) is 70.5 cm³/mol. The zero-order chi connectivity index (χ0) is 12.8. The molecule has 1 aliphatic carbocycles. The van der Waals surface area contributed by atoms with Crippen LogP contribution in [0.15, 0.2) is 41.5 Å². The van der Waals surface area contributed by atoms with Crippen molar-refractivity contribution in [2.75, 3.05) is 0 Å². The van der Waals surface area contributed by atoms with Gasteiger partial charge in [0.25, 0.3) is 5.91 Å². The van der Waals surface area contributed by atoms with E-state index in [1.165, 1.54) is 12.1 Å². The largest absolute Gasteiger partial charge is 0.508 e. The number of nitrogens with zero attached hydrogens (tertiary/aromatic N) is 1. The van der Waals surface area contributed by atoms with Crippen LogP contribution in [0.2, 0.25) is 0 Å². The molecule has 0 aliphatic heterocycles. The van der Waals surface area contributed by atoms with Crippen LogP contribution in [0.4, 0.5) is 0 Å². The van der Waals surface area contributed by atoms with E-state index in [0.717, 1.165) is 19.3 Å². The molecule has 0 fully saturated rings. The summed E-state index contributed by atoms with van der Waals surface area (Å²) < 4.78 is 0. The molecule has 4 nitrogen and oxygen atoms in total. The number of aromatic hydroxyl groups is 1. The molecule has 0 unspecified atom stereocenters. The second-order valence-corrected chi connectivity index (χ2v) is 4.31. The minimum atomic E-state index is -0.266. The number of benzene rings is 1. The third-order valence-corrected chi connectivity index (χ3v) is 2.89. The Bertz CT molecular complexity index is 463. The standard InChI is InChI=1S/C14H16N2O2/c17-13-8-6-12(7-9-13)14(18)16-15-10-11-4-2-1-3-5-11/h1-2,6-11,17H,3-5H2,(H,16,18)/b15-10-/t11-/m1/s1. The Kier molecular flexibility index (Phi) is 4.12. The summed E-state index contributed by atoms with van der Waals surface area (Å²) in [4.78, 5) is 11.7. The van der Waals surface area contributed by atoms with Crippen molar-refractivity contribution < 1.29 is 9.90 Å². The molecule has 0 bridgehead atoms. The van der Waals surface area contributed by atoms with Crippen LogP contribution in [0.25, 0.3) is 0 Å². The van der Waals surface area contributed by atoms with Crippen molar-refractivity contribution in [3.8, 4) is 5.75 Å². The van der Waals surface area contributed by atoms with Crippen molar-refractivity contribution >= 4 is 12.1 Å². The molecular formula is C14H16N2O2. The van der Waals surface area contributed by atoms with Crippen LogP contribution in [0.3, 0.4) is 0 Å². The second kappa shape index (κ2) is 6.00. The number of carbonyl (C=O) groups is 1. The maximum atomic E-state index is 11.7. The first-order valence-corrected chi connectivity index (χ1v) is 6.03. The first-order chi connectivity index (χ1) is 8.75. The highest BCUT2D eigenvalue weighted by Crippen LogP contribution is 2.15. The lowest BCUT2D eigenvalue weighted by molar-refractivity contribution is 0.0955. The fraction of sp³-hybridized carbons (Fsp3) is 0.286. The third-order valence-electron chi connectivity index (χ3n) is 2.89. The van der Waals surface area contributed by atoms with Gasteiger partial charge in [-0.2, -0.15) is 5.10 Å². The number of nitrogens with one attached hydrogen (secondary N) is 1. The molecule has 0 heterocycles. The zero-order valence-electron chi connectivity index (χ0n) is 10.0. The van der Waals surface area contributed by atoms with Crippen LogP contribution in [0, 0.1) is 5.92 Å². The first kappa shape index (κ1) is 12.4. The Morgan fingerprint density at radius 1 is 1.33 bits per heavy atom. The molecule has 1 aromatic rings. The third kappa shape index (κ3) is 3.45. The van der Waals surface area contributed by atoms with Gasteiger partial charge in [-0.05, 0) is 49.4 Å². The van der Waals surface area contributed by atoms with Gasteiger partial charge in [-0.15, -0.1) is 0 Å². The summed E-state index contributed by atoms with van der Waals surface area (Å²) in [6.07, 6.45) is 9.24. The topological polar surface area (TPSA) is 61.7 Å². The van der Waals surface area contributed by atoms with Gasteiger partial charge in [-0.25, -0.2) is 5.43 Å². The fourth-order valence-electron chi connectivity index (χ4n) is 1.83. The molecule has 94 valence electrons. The molecule has 0 saturated carbocycles. The Balaban J connectivity index is 1.86. The van der Waals surface area contributed by atoms with Crippen molar-refractivity contribution in [3.63, 3.8) is 0 Å². The van der Waals surface area contributed by atoms with E-state index in [2.05, 4.69) is 22.7 Å². The molecule has 1 atom stereocenters. The molecule has 2 N–H and O–H groups in total. The maximum Gasteiger partial charge on any atom is 0.271 e. The number of hydrogen-bond acceptors (Lipinski definition) is 3. The van der Waals surface area contributed by atoms with Gasteiger partial charge in [0.05, 0.1) is 0 Å². The summed E-state index contributed by atoms with van der Waals surface area (Å²) in [5.41, 5.74) is 2.97. The van der Waals surface area contributed by atoms with Crippen LogP contribution in [0.1, 0.15) is 29.6 Å². The van der Waals surface area contributed by atoms with Gasteiger partial charge in [0, 0.05) is 11.8 Å². The molecule has 1 amide bonds. The van der Waals surface area contributed by atoms with Crippen LogP contribution >= 0.6 is 0 Å². The van der Waals surface area contributed by atoms with Crippen LogP contribution in [-0.4, -0.2) is 17.2 Å². The smallest absolute Gasteiger partial charge is 0.271 e. The Labute approximate surface area is 106 Å². The summed E-state index contributed by atoms with van der Waals surface area (Å²) in [6.45, 7) is 0. The number of phenolic OH excluding ortho intramolecular Hbond substituents is 1. The highest BCUT2D eigenvalue weighted by Gasteiger charge is 2.07. The van der Waals surface area contributed by atoms with E-state index in [1.807, 2.05) is 0 Å². The van der Waals surface area contributed by atoms with Gasteiger partial charge in [-0.1, -0.05) is 12.2 Å². The number of carbonyl (C=O) groups excluding carboxylic acids is 1. The molecule has 2 rings (SSSR count). The van der Waals surface area contributed by atoms with E-state index < -0.39 is 0 Å². The molecule has 0 aromatic heterocycles. The number of rotatable bonds is 3. The van der Waals surface area contributed by atoms with Crippen molar-refractivity contribution in [1.82, 2.24) is 5.43 Å². The lowest BCUT2D eigenvalue weighted by Crippen LogP contribution is -2.18. The first-order valence-electron chi connectivity index (χ1n) is 6.03. The minimum Gasteiger partial charge on any atom is -0.508 e. The highest BCUT2D eigenvalue weighted by atomic mass is 16.3. The normalized spacial score (nSPS) is 19.0. The zero-order valence-corrected chi connectivity index (χ0v) is 10.0. The summed E-state index contributed by atoms with van der Waals surface area (Å²) in [5.74, 6) is 0.289. The summed E-state index contributed by atoms with van der Waals surface area (Å²) >= 11 is 0. The number of phenols is 1. The number of amides is 1. The van der Waals surface area contributed by atoms with Crippen LogP contribution < -0.4 is 5.43 Å². The van der Waals surface area contributed by atoms with Gasteiger partial charge in [0.15, 0.2) is 0 Å². The van der Waals surface area contributed by atoms with Crippen molar-refractivity contribution in [3.05, 3.63) is 42.0 Å². The van der Waals surface area contributed by atoms with E-state index in [-0.39, 0.29) is 11.7 Å². The number of allylic oxidation sites excluding steroid dienone is 2. The summed E-state index contributed by atoms with van der Waals surface area (Å²) in [6, 6.07) is 6.07. The van der Waals surface area contributed by atoms with Crippen LogP contribution in [0.5, 0.6) is 5.75 Å². The van der Waals surface area contributed by atoms with Gasteiger partial charge in [-0.3, -0.25) is 4.79 Å². The predicted octanol–water partition coefficient (Wildman–Crippen LogP) is 2.46. The summed E-state index contributed by atoms with van der Waals surface area (Å²) in [5, 5.41) is 13.1. The molecule has 0 spiro atoms. The second-order valence-electron chi connectivity index (χ2n) is 4.31. The lowest BCUT2D eigenvalue weighted by atomic mass is 9.96. The molecule has 4 heteroatoms. The molecule has 1 aromatic carbocycles. The molecule has 0 radical (unpaired) electrons. The Hall–Kier alpha value is -2.10. The van der Waals surface area contributed by atoms with E-state index in [9.17, 15) is 4.79 Å². The molecule has 0 saturated heterocycles. The van der Waals surface area contributed by atoms with Crippen LogP contribution in [-0.2, 0) is 0 Å². The SMILES string of the molecule is O=C(N/N=C\[C@@H]1CC=CCC1)c1ccc(O)cc1.